The smallest absolute Gasteiger partial charge is 0.250 e. The molecule has 4 heteroatoms. The molecule has 0 aromatic heterocycles. The summed E-state index contributed by atoms with van der Waals surface area (Å²) in [4.78, 5) is 13.9. The van der Waals surface area contributed by atoms with Crippen LogP contribution in [0.4, 0.5) is 11.4 Å². The lowest BCUT2D eigenvalue weighted by atomic mass is 9.78. The summed E-state index contributed by atoms with van der Waals surface area (Å²) in [5.41, 5.74) is 13.6. The average Bonchev–Trinajstić information content (AvgIpc) is 2.47. The van der Waals surface area contributed by atoms with E-state index in [4.69, 9.17) is 11.5 Å². The summed E-state index contributed by atoms with van der Waals surface area (Å²) in [7, 11) is 0. The number of primary amides is 1. The van der Waals surface area contributed by atoms with E-state index in [9.17, 15) is 4.79 Å². The standard InChI is InChI=1S/C16H23N3O/c17-15-12(16(18)20)7-3-9-14(15)19-10-4-6-11-5-1-2-8-13(11)19/h3,7,9,11,13H,1-2,4-6,8,10,17H2,(H2,18,20). The van der Waals surface area contributed by atoms with Gasteiger partial charge in [0.05, 0.1) is 16.9 Å². The molecule has 2 aliphatic rings. The van der Waals surface area contributed by atoms with Crippen LogP contribution in [0.25, 0.3) is 0 Å². The lowest BCUT2D eigenvalue weighted by Gasteiger charge is -2.46. The molecule has 2 unspecified atom stereocenters. The molecule has 20 heavy (non-hydrogen) atoms. The van der Waals surface area contributed by atoms with E-state index < -0.39 is 5.91 Å². The highest BCUT2D eigenvalue weighted by Crippen LogP contribution is 2.40. The monoisotopic (exact) mass is 273 g/mol. The van der Waals surface area contributed by atoms with Crippen molar-refractivity contribution in [2.75, 3.05) is 17.2 Å². The number of hydrogen-bond donors (Lipinski definition) is 2. The maximum absolute atomic E-state index is 11.5. The van der Waals surface area contributed by atoms with Gasteiger partial charge < -0.3 is 16.4 Å². The zero-order valence-corrected chi connectivity index (χ0v) is 11.8. The molecule has 0 radical (unpaired) electrons. The molecule has 4 N–H and O–H groups in total. The minimum atomic E-state index is -0.443. The third-order valence-corrected chi connectivity index (χ3v) is 4.90. The van der Waals surface area contributed by atoms with Crippen molar-refractivity contribution >= 4 is 17.3 Å². The van der Waals surface area contributed by atoms with Gasteiger partial charge in [0, 0.05) is 12.6 Å². The first-order valence-electron chi connectivity index (χ1n) is 7.63. The Morgan fingerprint density at radius 3 is 2.70 bits per heavy atom. The lowest BCUT2D eigenvalue weighted by molar-refractivity contribution is 0.100. The number of hydrogen-bond acceptors (Lipinski definition) is 3. The van der Waals surface area contributed by atoms with Crippen LogP contribution >= 0.6 is 0 Å². The first-order valence-corrected chi connectivity index (χ1v) is 7.63. The van der Waals surface area contributed by atoms with E-state index in [0.29, 0.717) is 17.3 Å². The van der Waals surface area contributed by atoms with Crippen molar-refractivity contribution in [2.24, 2.45) is 11.7 Å². The summed E-state index contributed by atoms with van der Waals surface area (Å²) in [6.07, 6.45) is 7.76. The maximum atomic E-state index is 11.5. The summed E-state index contributed by atoms with van der Waals surface area (Å²) >= 11 is 0. The quantitative estimate of drug-likeness (QED) is 0.813. The molecule has 0 spiro atoms. The molecule has 1 aromatic carbocycles. The highest BCUT2D eigenvalue weighted by atomic mass is 16.1. The van der Waals surface area contributed by atoms with Crippen LogP contribution < -0.4 is 16.4 Å². The Bertz CT molecular complexity index is 512. The van der Waals surface area contributed by atoms with E-state index in [1.165, 1.54) is 38.5 Å². The van der Waals surface area contributed by atoms with Crippen molar-refractivity contribution in [3.8, 4) is 0 Å². The van der Waals surface area contributed by atoms with Gasteiger partial charge in [-0.3, -0.25) is 4.79 Å². The van der Waals surface area contributed by atoms with Gasteiger partial charge >= 0.3 is 0 Å². The van der Waals surface area contributed by atoms with Gasteiger partial charge in [-0.2, -0.15) is 0 Å². The number of piperidine rings is 1. The average molecular weight is 273 g/mol. The zero-order chi connectivity index (χ0) is 14.1. The number of anilines is 2. The summed E-state index contributed by atoms with van der Waals surface area (Å²) in [6, 6.07) is 6.21. The number of nitrogens with zero attached hydrogens (tertiary/aromatic N) is 1. The fourth-order valence-corrected chi connectivity index (χ4v) is 3.94. The molecule has 0 bridgehead atoms. The van der Waals surface area contributed by atoms with E-state index in [2.05, 4.69) is 4.90 Å². The number of para-hydroxylation sites is 1. The number of nitrogen functional groups attached to an aromatic ring is 1. The highest BCUT2D eigenvalue weighted by Gasteiger charge is 2.34. The van der Waals surface area contributed by atoms with Gasteiger partial charge in [-0.25, -0.2) is 0 Å². The highest BCUT2D eigenvalue weighted by molar-refractivity contribution is 6.00. The Kier molecular flexibility index (Phi) is 3.55. The normalized spacial score (nSPS) is 26.1. The number of nitrogens with two attached hydrogens (primary N) is 2. The van der Waals surface area contributed by atoms with E-state index >= 15 is 0 Å². The van der Waals surface area contributed by atoms with Crippen molar-refractivity contribution in [2.45, 2.75) is 44.6 Å². The second-order valence-corrected chi connectivity index (χ2v) is 6.05. The van der Waals surface area contributed by atoms with Crippen LogP contribution in [0.1, 0.15) is 48.9 Å². The molecule has 2 fully saturated rings. The number of carbonyl (C=O) groups excluding carboxylic acids is 1. The zero-order valence-electron chi connectivity index (χ0n) is 11.8. The minimum absolute atomic E-state index is 0.443. The SMILES string of the molecule is NC(=O)c1cccc(N2CCCC3CCCCC32)c1N. The molecule has 108 valence electrons. The molecule has 1 saturated heterocycles. The van der Waals surface area contributed by atoms with Gasteiger partial charge in [-0.1, -0.05) is 18.9 Å². The van der Waals surface area contributed by atoms with E-state index in [1.54, 1.807) is 6.07 Å². The number of carbonyl (C=O) groups is 1. The second kappa shape index (κ2) is 5.35. The van der Waals surface area contributed by atoms with Gasteiger partial charge in [0.1, 0.15) is 0 Å². The number of fused-ring (bicyclic) bond motifs is 1. The molecular formula is C16H23N3O. The molecule has 1 aliphatic heterocycles. The Morgan fingerprint density at radius 2 is 1.90 bits per heavy atom. The summed E-state index contributed by atoms with van der Waals surface area (Å²) in [5, 5.41) is 0. The van der Waals surface area contributed by atoms with Gasteiger partial charge in [0.15, 0.2) is 0 Å². The van der Waals surface area contributed by atoms with Gasteiger partial charge in [0.25, 0.3) is 5.91 Å². The molecular weight excluding hydrogens is 250 g/mol. The molecule has 2 atom stereocenters. The summed E-state index contributed by atoms with van der Waals surface area (Å²) in [5.74, 6) is 0.343. The van der Waals surface area contributed by atoms with E-state index in [1.807, 2.05) is 12.1 Å². The number of rotatable bonds is 2. The number of amides is 1. The van der Waals surface area contributed by atoms with Crippen LogP contribution in [-0.4, -0.2) is 18.5 Å². The third kappa shape index (κ3) is 2.23. The molecule has 4 nitrogen and oxygen atoms in total. The molecule has 1 saturated carbocycles. The van der Waals surface area contributed by atoms with Crippen molar-refractivity contribution < 1.29 is 4.79 Å². The second-order valence-electron chi connectivity index (χ2n) is 6.05. The van der Waals surface area contributed by atoms with Crippen molar-refractivity contribution in [1.29, 1.82) is 0 Å². The van der Waals surface area contributed by atoms with Crippen LogP contribution in [0, 0.1) is 5.92 Å². The van der Waals surface area contributed by atoms with Crippen molar-refractivity contribution in [3.05, 3.63) is 23.8 Å². The fraction of sp³-hybridized carbons (Fsp3) is 0.562. The van der Waals surface area contributed by atoms with Crippen molar-refractivity contribution in [3.63, 3.8) is 0 Å². The van der Waals surface area contributed by atoms with E-state index in [0.717, 1.165) is 18.2 Å². The Morgan fingerprint density at radius 1 is 1.15 bits per heavy atom. The maximum Gasteiger partial charge on any atom is 0.250 e. The van der Waals surface area contributed by atoms with Crippen LogP contribution in [0.3, 0.4) is 0 Å². The fourth-order valence-electron chi connectivity index (χ4n) is 3.94. The minimum Gasteiger partial charge on any atom is -0.396 e. The predicted molar refractivity (Wildman–Crippen MR) is 81.7 cm³/mol. The first-order chi connectivity index (χ1) is 9.68. The number of benzene rings is 1. The van der Waals surface area contributed by atoms with Gasteiger partial charge in [-0.15, -0.1) is 0 Å². The summed E-state index contributed by atoms with van der Waals surface area (Å²) < 4.78 is 0. The van der Waals surface area contributed by atoms with Crippen molar-refractivity contribution in [1.82, 2.24) is 0 Å². The van der Waals surface area contributed by atoms with Crippen LogP contribution in [0.5, 0.6) is 0 Å². The third-order valence-electron chi connectivity index (χ3n) is 4.90. The van der Waals surface area contributed by atoms with Gasteiger partial charge in [0.2, 0.25) is 0 Å². The molecule has 1 aromatic rings. The molecule has 1 aliphatic carbocycles. The summed E-state index contributed by atoms with van der Waals surface area (Å²) in [6.45, 7) is 1.04. The lowest BCUT2D eigenvalue weighted by Crippen LogP contribution is -2.47. The van der Waals surface area contributed by atoms with Crippen LogP contribution in [-0.2, 0) is 0 Å². The van der Waals surface area contributed by atoms with E-state index in [-0.39, 0.29) is 0 Å². The van der Waals surface area contributed by atoms with Crippen LogP contribution in [0.15, 0.2) is 18.2 Å². The largest absolute Gasteiger partial charge is 0.396 e. The Labute approximate surface area is 120 Å². The molecule has 1 heterocycles. The molecule has 3 rings (SSSR count). The molecule has 1 amide bonds. The topological polar surface area (TPSA) is 72.4 Å². The van der Waals surface area contributed by atoms with Gasteiger partial charge in [-0.05, 0) is 43.7 Å². The predicted octanol–water partition coefficient (Wildman–Crippen LogP) is 2.53. The van der Waals surface area contributed by atoms with Crippen LogP contribution in [0.2, 0.25) is 0 Å². The first kappa shape index (κ1) is 13.3. The Balaban J connectivity index is 1.95. The Hall–Kier alpha value is -1.71.